The quantitative estimate of drug-likeness (QED) is 0.836. The van der Waals surface area contributed by atoms with Crippen molar-refractivity contribution in [3.8, 4) is 0 Å². The highest BCUT2D eigenvalue weighted by Crippen LogP contribution is 2.29. The van der Waals surface area contributed by atoms with E-state index in [1.54, 1.807) is 18.9 Å². The van der Waals surface area contributed by atoms with E-state index in [2.05, 4.69) is 21.7 Å². The molecule has 0 radical (unpaired) electrons. The Hall–Kier alpha value is -1.08. The molecule has 0 saturated carbocycles. The van der Waals surface area contributed by atoms with Gasteiger partial charge in [0.15, 0.2) is 5.82 Å². The van der Waals surface area contributed by atoms with Gasteiger partial charge in [-0.2, -0.15) is 0 Å². The molecule has 0 aliphatic carbocycles. The zero-order valence-electron chi connectivity index (χ0n) is 12.6. The van der Waals surface area contributed by atoms with Crippen LogP contribution in [0, 0.1) is 0 Å². The molecule has 1 aromatic rings. The van der Waals surface area contributed by atoms with Crippen LogP contribution >= 0.6 is 11.8 Å². The molecule has 2 aliphatic heterocycles. The summed E-state index contributed by atoms with van der Waals surface area (Å²) in [4.78, 5) is 14.7. The number of methoxy groups -OCH3 is 1. The molecule has 1 amide bonds. The van der Waals surface area contributed by atoms with Gasteiger partial charge in [-0.15, -0.1) is 22.0 Å². The van der Waals surface area contributed by atoms with Crippen LogP contribution in [-0.2, 0) is 29.1 Å². The number of nitrogens with zero attached hydrogens (tertiary/aromatic N) is 4. The van der Waals surface area contributed by atoms with Crippen molar-refractivity contribution in [2.45, 2.75) is 50.6 Å². The minimum atomic E-state index is 0.162. The van der Waals surface area contributed by atoms with Crippen LogP contribution in [0.15, 0.2) is 0 Å². The summed E-state index contributed by atoms with van der Waals surface area (Å²) in [6, 6.07) is 0.180. The van der Waals surface area contributed by atoms with Crippen LogP contribution in [0.3, 0.4) is 0 Å². The molecule has 6 nitrogen and oxygen atoms in total. The second-order valence-electron chi connectivity index (χ2n) is 5.70. The fourth-order valence-electron chi connectivity index (χ4n) is 3.10. The number of thioether (sulfide) groups is 1. The highest BCUT2D eigenvalue weighted by molar-refractivity contribution is 8.00. The maximum absolute atomic E-state index is 12.7. The van der Waals surface area contributed by atoms with E-state index in [1.165, 1.54) is 0 Å². The average Bonchev–Trinajstić information content (AvgIpc) is 3.08. The average molecular weight is 310 g/mol. The van der Waals surface area contributed by atoms with Crippen LogP contribution in [0.5, 0.6) is 0 Å². The van der Waals surface area contributed by atoms with E-state index in [0.29, 0.717) is 12.5 Å². The summed E-state index contributed by atoms with van der Waals surface area (Å²) in [5.41, 5.74) is 0. The Balaban J connectivity index is 1.74. The van der Waals surface area contributed by atoms with Crippen LogP contribution in [0.4, 0.5) is 0 Å². The lowest BCUT2D eigenvalue weighted by Crippen LogP contribution is -2.44. The molecule has 1 aromatic heterocycles. The Bertz CT molecular complexity index is 513. The molecule has 2 atom stereocenters. The number of rotatable bonds is 3. The number of carbonyl (C=O) groups excluding carboxylic acids is 1. The van der Waals surface area contributed by atoms with E-state index in [1.807, 2.05) is 4.90 Å². The standard InChI is InChI=1S/C14H22N4O2S/c1-10-8-12-15-16-13(9-20-2)18(12)6-5-17(10)14(19)11-4-3-7-21-11/h10-11H,3-9H2,1-2H3/t10-,11-/m0/s1. The van der Waals surface area contributed by atoms with Crippen molar-refractivity contribution in [3.05, 3.63) is 11.6 Å². The van der Waals surface area contributed by atoms with Gasteiger partial charge in [0.2, 0.25) is 5.91 Å². The molecular formula is C14H22N4O2S. The molecule has 3 heterocycles. The molecule has 1 fully saturated rings. The van der Waals surface area contributed by atoms with E-state index in [9.17, 15) is 4.79 Å². The zero-order valence-corrected chi connectivity index (χ0v) is 13.4. The van der Waals surface area contributed by atoms with Crippen molar-refractivity contribution in [1.29, 1.82) is 0 Å². The minimum absolute atomic E-state index is 0.162. The van der Waals surface area contributed by atoms with Gasteiger partial charge in [0.25, 0.3) is 0 Å². The SMILES string of the molecule is COCc1nnc2n1CCN(C(=O)[C@@H]1CCCS1)[C@@H](C)C2. The van der Waals surface area contributed by atoms with Gasteiger partial charge in [-0.05, 0) is 25.5 Å². The number of hydrogen-bond acceptors (Lipinski definition) is 5. The first kappa shape index (κ1) is 14.8. The van der Waals surface area contributed by atoms with Gasteiger partial charge in [0, 0.05) is 32.7 Å². The van der Waals surface area contributed by atoms with Gasteiger partial charge < -0.3 is 14.2 Å². The predicted molar refractivity (Wildman–Crippen MR) is 81.1 cm³/mol. The minimum Gasteiger partial charge on any atom is -0.377 e. The van der Waals surface area contributed by atoms with Crippen LogP contribution in [0.2, 0.25) is 0 Å². The molecule has 0 unspecified atom stereocenters. The van der Waals surface area contributed by atoms with Crippen molar-refractivity contribution in [3.63, 3.8) is 0 Å². The predicted octanol–water partition coefficient (Wildman–Crippen LogP) is 1.09. The number of amides is 1. The highest BCUT2D eigenvalue weighted by Gasteiger charge is 2.33. The van der Waals surface area contributed by atoms with E-state index < -0.39 is 0 Å². The largest absolute Gasteiger partial charge is 0.377 e. The van der Waals surface area contributed by atoms with Gasteiger partial charge >= 0.3 is 0 Å². The third-order valence-electron chi connectivity index (χ3n) is 4.24. The van der Waals surface area contributed by atoms with Gasteiger partial charge in [-0.3, -0.25) is 4.79 Å². The smallest absolute Gasteiger partial charge is 0.236 e. The van der Waals surface area contributed by atoms with Crippen LogP contribution in [0.25, 0.3) is 0 Å². The molecular weight excluding hydrogens is 288 g/mol. The van der Waals surface area contributed by atoms with Crippen molar-refractivity contribution in [2.75, 3.05) is 19.4 Å². The number of ether oxygens (including phenoxy) is 1. The number of hydrogen-bond donors (Lipinski definition) is 0. The van der Waals surface area contributed by atoms with Gasteiger partial charge in [0.1, 0.15) is 12.4 Å². The molecule has 2 aliphatic rings. The third kappa shape index (κ3) is 2.94. The summed E-state index contributed by atoms with van der Waals surface area (Å²) < 4.78 is 7.27. The maximum Gasteiger partial charge on any atom is 0.236 e. The number of carbonyl (C=O) groups is 1. The Labute approximate surface area is 129 Å². The molecule has 21 heavy (non-hydrogen) atoms. The Kier molecular flexibility index (Phi) is 4.49. The van der Waals surface area contributed by atoms with Gasteiger partial charge in [-0.25, -0.2) is 0 Å². The van der Waals surface area contributed by atoms with Crippen molar-refractivity contribution < 1.29 is 9.53 Å². The maximum atomic E-state index is 12.7. The van der Waals surface area contributed by atoms with Crippen LogP contribution in [-0.4, -0.2) is 56.3 Å². The van der Waals surface area contributed by atoms with Crippen LogP contribution in [0.1, 0.15) is 31.4 Å². The Morgan fingerprint density at radius 2 is 2.29 bits per heavy atom. The summed E-state index contributed by atoms with van der Waals surface area (Å²) in [6.45, 7) is 4.07. The van der Waals surface area contributed by atoms with E-state index >= 15 is 0 Å². The van der Waals surface area contributed by atoms with Crippen molar-refractivity contribution >= 4 is 17.7 Å². The van der Waals surface area contributed by atoms with Gasteiger partial charge in [-0.1, -0.05) is 0 Å². The lowest BCUT2D eigenvalue weighted by molar-refractivity contribution is -0.132. The Morgan fingerprint density at radius 3 is 3.00 bits per heavy atom. The van der Waals surface area contributed by atoms with E-state index in [0.717, 1.165) is 49.8 Å². The second-order valence-corrected chi connectivity index (χ2v) is 7.01. The molecule has 116 valence electrons. The molecule has 7 heteroatoms. The zero-order chi connectivity index (χ0) is 14.8. The molecule has 0 bridgehead atoms. The van der Waals surface area contributed by atoms with E-state index in [-0.39, 0.29) is 11.3 Å². The van der Waals surface area contributed by atoms with Crippen molar-refractivity contribution in [1.82, 2.24) is 19.7 Å². The summed E-state index contributed by atoms with van der Waals surface area (Å²) in [5, 5.41) is 8.62. The Morgan fingerprint density at radius 1 is 1.43 bits per heavy atom. The molecule has 3 rings (SSSR count). The number of fused-ring (bicyclic) bond motifs is 1. The fourth-order valence-corrected chi connectivity index (χ4v) is 4.33. The topological polar surface area (TPSA) is 60.3 Å². The number of aromatic nitrogens is 3. The summed E-state index contributed by atoms with van der Waals surface area (Å²) >= 11 is 1.80. The first-order chi connectivity index (χ1) is 10.2. The molecule has 0 N–H and O–H groups in total. The molecule has 0 spiro atoms. The lowest BCUT2D eigenvalue weighted by atomic mass is 10.1. The third-order valence-corrected chi connectivity index (χ3v) is 5.60. The summed E-state index contributed by atoms with van der Waals surface area (Å²) in [6.07, 6.45) is 2.94. The second kappa shape index (κ2) is 6.36. The van der Waals surface area contributed by atoms with Gasteiger partial charge in [0.05, 0.1) is 5.25 Å². The molecule has 0 aromatic carbocycles. The first-order valence-corrected chi connectivity index (χ1v) is 8.57. The first-order valence-electron chi connectivity index (χ1n) is 7.52. The van der Waals surface area contributed by atoms with Crippen molar-refractivity contribution in [2.24, 2.45) is 0 Å². The normalized spacial score (nSPS) is 25.7. The summed E-state index contributed by atoms with van der Waals surface area (Å²) in [7, 11) is 1.66. The highest BCUT2D eigenvalue weighted by atomic mass is 32.2. The van der Waals surface area contributed by atoms with E-state index in [4.69, 9.17) is 4.74 Å². The van der Waals surface area contributed by atoms with Crippen LogP contribution < -0.4 is 0 Å². The lowest BCUT2D eigenvalue weighted by Gasteiger charge is -2.29. The molecule has 1 saturated heterocycles. The fraction of sp³-hybridized carbons (Fsp3) is 0.786. The summed E-state index contributed by atoms with van der Waals surface area (Å²) in [5.74, 6) is 3.23. The monoisotopic (exact) mass is 310 g/mol.